The number of amides is 1. The van der Waals surface area contributed by atoms with Gasteiger partial charge in [0.15, 0.2) is 6.61 Å². The van der Waals surface area contributed by atoms with Gasteiger partial charge in [-0.25, -0.2) is 4.79 Å². The first kappa shape index (κ1) is 11.2. The van der Waals surface area contributed by atoms with Crippen LogP contribution in [-0.4, -0.2) is 18.5 Å². The molecule has 0 saturated carbocycles. The average Bonchev–Trinajstić information content (AvgIpc) is 2.14. The zero-order valence-electron chi connectivity index (χ0n) is 8.74. The number of primary amides is 1. The second-order valence-corrected chi connectivity index (χ2v) is 3.36. The zero-order chi connectivity index (χ0) is 11.4. The van der Waals surface area contributed by atoms with Crippen molar-refractivity contribution in [3.63, 3.8) is 0 Å². The second kappa shape index (κ2) is 4.59. The van der Waals surface area contributed by atoms with Crippen molar-refractivity contribution < 1.29 is 14.3 Å². The van der Waals surface area contributed by atoms with Crippen molar-refractivity contribution in [1.29, 1.82) is 0 Å². The Bertz CT molecular complexity index is 399. The van der Waals surface area contributed by atoms with Gasteiger partial charge in [0, 0.05) is 0 Å². The molecule has 0 unspecified atom stereocenters. The molecule has 0 aliphatic heterocycles. The quantitative estimate of drug-likeness (QED) is 0.750. The molecule has 0 spiro atoms. The van der Waals surface area contributed by atoms with Crippen LogP contribution >= 0.6 is 0 Å². The maximum absolute atomic E-state index is 11.5. The highest BCUT2D eigenvalue weighted by atomic mass is 16.5. The Labute approximate surface area is 88.0 Å². The molecular weight excluding hydrogens is 194 g/mol. The predicted octanol–water partition coefficient (Wildman–Crippen LogP) is 0.946. The van der Waals surface area contributed by atoms with Gasteiger partial charge in [0.1, 0.15) is 0 Å². The molecule has 0 fully saturated rings. The summed E-state index contributed by atoms with van der Waals surface area (Å²) in [4.78, 5) is 21.9. The predicted molar refractivity (Wildman–Crippen MR) is 55.4 cm³/mol. The monoisotopic (exact) mass is 207 g/mol. The summed E-state index contributed by atoms with van der Waals surface area (Å²) in [6.45, 7) is 3.37. The smallest absolute Gasteiger partial charge is 0.338 e. The number of hydrogen-bond acceptors (Lipinski definition) is 3. The highest BCUT2D eigenvalue weighted by molar-refractivity contribution is 5.92. The van der Waals surface area contributed by atoms with Crippen LogP contribution in [0.4, 0.5) is 0 Å². The third-order valence-corrected chi connectivity index (χ3v) is 1.95. The molecule has 0 atom stereocenters. The molecule has 0 aliphatic rings. The number of hydrogen-bond donors (Lipinski definition) is 1. The van der Waals surface area contributed by atoms with Crippen LogP contribution in [0.25, 0.3) is 0 Å². The van der Waals surface area contributed by atoms with E-state index in [1.165, 1.54) is 0 Å². The van der Waals surface area contributed by atoms with Crippen LogP contribution in [0.2, 0.25) is 0 Å². The lowest BCUT2D eigenvalue weighted by atomic mass is 10.1. The number of ether oxygens (including phenoxy) is 1. The Kier molecular flexibility index (Phi) is 3.44. The minimum atomic E-state index is -0.659. The summed E-state index contributed by atoms with van der Waals surface area (Å²) >= 11 is 0. The Hall–Kier alpha value is -1.84. The number of esters is 1. The van der Waals surface area contributed by atoms with E-state index in [-0.39, 0.29) is 6.61 Å². The maximum atomic E-state index is 11.5. The van der Waals surface area contributed by atoms with Crippen LogP contribution in [0.15, 0.2) is 18.2 Å². The molecule has 0 saturated heterocycles. The molecule has 0 bridgehead atoms. The second-order valence-electron chi connectivity index (χ2n) is 3.36. The Balaban J connectivity index is 2.78. The molecule has 4 nitrogen and oxygen atoms in total. The standard InChI is InChI=1S/C11H13NO3/c1-7-3-4-9(8(2)5-7)11(14)15-6-10(12)13/h3-5H,6H2,1-2H3,(H2,12,13). The molecule has 15 heavy (non-hydrogen) atoms. The number of carbonyl (C=O) groups excluding carboxylic acids is 2. The van der Waals surface area contributed by atoms with Crippen LogP contribution < -0.4 is 5.73 Å². The lowest BCUT2D eigenvalue weighted by molar-refractivity contribution is -0.121. The van der Waals surface area contributed by atoms with E-state index in [2.05, 4.69) is 0 Å². The first-order chi connectivity index (χ1) is 7.00. The van der Waals surface area contributed by atoms with Gasteiger partial charge in [-0.05, 0) is 25.5 Å². The fraction of sp³-hybridized carbons (Fsp3) is 0.273. The Morgan fingerprint density at radius 3 is 2.53 bits per heavy atom. The average molecular weight is 207 g/mol. The highest BCUT2D eigenvalue weighted by Gasteiger charge is 2.10. The van der Waals surface area contributed by atoms with E-state index in [0.717, 1.165) is 11.1 Å². The molecule has 0 aliphatic carbocycles. The highest BCUT2D eigenvalue weighted by Crippen LogP contribution is 2.11. The van der Waals surface area contributed by atoms with Gasteiger partial charge >= 0.3 is 5.97 Å². The van der Waals surface area contributed by atoms with Gasteiger partial charge in [0.25, 0.3) is 5.91 Å². The topological polar surface area (TPSA) is 69.4 Å². The summed E-state index contributed by atoms with van der Waals surface area (Å²) in [5.74, 6) is -1.18. The normalized spacial score (nSPS) is 9.73. The van der Waals surface area contributed by atoms with Gasteiger partial charge in [-0.15, -0.1) is 0 Å². The summed E-state index contributed by atoms with van der Waals surface area (Å²) in [6, 6.07) is 5.36. The number of rotatable bonds is 3. The minimum Gasteiger partial charge on any atom is -0.452 e. The molecular formula is C11H13NO3. The third-order valence-electron chi connectivity index (χ3n) is 1.95. The maximum Gasteiger partial charge on any atom is 0.338 e. The van der Waals surface area contributed by atoms with Crippen LogP contribution in [0.3, 0.4) is 0 Å². The van der Waals surface area contributed by atoms with E-state index in [0.29, 0.717) is 5.56 Å². The summed E-state index contributed by atoms with van der Waals surface area (Å²) in [5.41, 5.74) is 7.22. The summed E-state index contributed by atoms with van der Waals surface area (Å²) < 4.78 is 4.70. The molecule has 0 radical (unpaired) electrons. The van der Waals surface area contributed by atoms with Crippen molar-refractivity contribution in [2.24, 2.45) is 5.73 Å². The van der Waals surface area contributed by atoms with Gasteiger partial charge in [0.05, 0.1) is 5.56 Å². The van der Waals surface area contributed by atoms with Crippen molar-refractivity contribution in [2.45, 2.75) is 13.8 Å². The van der Waals surface area contributed by atoms with Crippen LogP contribution in [0, 0.1) is 13.8 Å². The van der Waals surface area contributed by atoms with Crippen molar-refractivity contribution >= 4 is 11.9 Å². The summed E-state index contributed by atoms with van der Waals surface area (Å²) in [5, 5.41) is 0. The number of aryl methyl sites for hydroxylation is 2. The van der Waals surface area contributed by atoms with E-state index in [4.69, 9.17) is 10.5 Å². The van der Waals surface area contributed by atoms with E-state index in [1.54, 1.807) is 6.07 Å². The molecule has 1 aromatic carbocycles. The van der Waals surface area contributed by atoms with Gasteiger partial charge < -0.3 is 10.5 Å². The molecule has 80 valence electrons. The molecule has 1 aromatic rings. The molecule has 0 aromatic heterocycles. The largest absolute Gasteiger partial charge is 0.452 e. The Morgan fingerprint density at radius 2 is 2.00 bits per heavy atom. The molecule has 1 amide bonds. The first-order valence-electron chi connectivity index (χ1n) is 4.53. The van der Waals surface area contributed by atoms with Crippen molar-refractivity contribution in [3.05, 3.63) is 34.9 Å². The van der Waals surface area contributed by atoms with E-state index in [1.807, 2.05) is 26.0 Å². The number of nitrogens with two attached hydrogens (primary N) is 1. The van der Waals surface area contributed by atoms with Crippen molar-refractivity contribution in [1.82, 2.24) is 0 Å². The van der Waals surface area contributed by atoms with Crippen LogP contribution in [0.1, 0.15) is 21.5 Å². The minimum absolute atomic E-state index is 0.383. The van der Waals surface area contributed by atoms with Gasteiger partial charge in [0.2, 0.25) is 0 Å². The first-order valence-corrected chi connectivity index (χ1v) is 4.53. The third kappa shape index (κ3) is 3.09. The number of carbonyl (C=O) groups is 2. The Morgan fingerprint density at radius 1 is 1.33 bits per heavy atom. The lowest BCUT2D eigenvalue weighted by Gasteiger charge is -2.05. The van der Waals surface area contributed by atoms with Gasteiger partial charge in [-0.2, -0.15) is 0 Å². The summed E-state index contributed by atoms with van der Waals surface area (Å²) in [7, 11) is 0. The van der Waals surface area contributed by atoms with Gasteiger partial charge in [-0.3, -0.25) is 4.79 Å². The van der Waals surface area contributed by atoms with E-state index in [9.17, 15) is 9.59 Å². The zero-order valence-corrected chi connectivity index (χ0v) is 8.74. The molecule has 0 heterocycles. The lowest BCUT2D eigenvalue weighted by Crippen LogP contribution is -2.21. The van der Waals surface area contributed by atoms with Gasteiger partial charge in [-0.1, -0.05) is 17.7 Å². The fourth-order valence-corrected chi connectivity index (χ4v) is 1.26. The fourth-order valence-electron chi connectivity index (χ4n) is 1.26. The van der Waals surface area contributed by atoms with Crippen molar-refractivity contribution in [3.8, 4) is 0 Å². The summed E-state index contributed by atoms with van der Waals surface area (Å²) in [6.07, 6.45) is 0. The van der Waals surface area contributed by atoms with E-state index >= 15 is 0 Å². The molecule has 1 rings (SSSR count). The number of benzene rings is 1. The van der Waals surface area contributed by atoms with E-state index < -0.39 is 11.9 Å². The van der Waals surface area contributed by atoms with Crippen LogP contribution in [0.5, 0.6) is 0 Å². The molecule has 4 heteroatoms. The SMILES string of the molecule is Cc1ccc(C(=O)OCC(N)=O)c(C)c1. The molecule has 2 N–H and O–H groups in total. The van der Waals surface area contributed by atoms with Crippen molar-refractivity contribution in [2.75, 3.05) is 6.61 Å². The van der Waals surface area contributed by atoms with Crippen LogP contribution in [-0.2, 0) is 9.53 Å².